The zero-order valence-electron chi connectivity index (χ0n) is 14.1. The smallest absolute Gasteiger partial charge is 0.263 e. The van der Waals surface area contributed by atoms with Crippen molar-refractivity contribution in [2.45, 2.75) is 19.6 Å². The molecule has 2 aromatic carbocycles. The van der Waals surface area contributed by atoms with E-state index in [0.29, 0.717) is 17.5 Å². The predicted octanol–water partition coefficient (Wildman–Crippen LogP) is 3.16. The van der Waals surface area contributed by atoms with Crippen molar-refractivity contribution in [2.75, 3.05) is 7.05 Å². The Hall–Kier alpha value is -3.15. The summed E-state index contributed by atoms with van der Waals surface area (Å²) >= 11 is 0. The summed E-state index contributed by atoms with van der Waals surface area (Å²) in [5, 5.41) is 3.96. The van der Waals surface area contributed by atoms with E-state index in [1.165, 1.54) is 4.90 Å². The van der Waals surface area contributed by atoms with Crippen LogP contribution < -0.4 is 4.74 Å². The Morgan fingerprint density at radius 2 is 1.76 bits per heavy atom. The average molecular weight is 337 g/mol. The predicted molar refractivity (Wildman–Crippen MR) is 92.7 cm³/mol. The molecule has 0 saturated heterocycles. The van der Waals surface area contributed by atoms with Gasteiger partial charge in [-0.25, -0.2) is 0 Å². The molecule has 1 amide bonds. The summed E-state index contributed by atoms with van der Waals surface area (Å²) in [5.74, 6) is 1.37. The normalized spacial score (nSPS) is 11.8. The molecular weight excluding hydrogens is 318 g/mol. The van der Waals surface area contributed by atoms with E-state index in [4.69, 9.17) is 9.26 Å². The van der Waals surface area contributed by atoms with Crippen molar-refractivity contribution in [2.24, 2.45) is 0 Å². The van der Waals surface area contributed by atoms with Gasteiger partial charge in [0.1, 0.15) is 5.75 Å². The number of likely N-dealkylation sites (N-methyl/N-ethyl adjacent to an activating group) is 1. The molecule has 0 aliphatic heterocycles. The maximum Gasteiger partial charge on any atom is 0.263 e. The van der Waals surface area contributed by atoms with E-state index in [9.17, 15) is 4.79 Å². The number of carbonyl (C=O) groups excluding carboxylic acids is 1. The number of benzene rings is 2. The lowest BCUT2D eigenvalue weighted by molar-refractivity contribution is -0.137. The van der Waals surface area contributed by atoms with E-state index in [1.54, 1.807) is 14.0 Å². The van der Waals surface area contributed by atoms with Crippen molar-refractivity contribution in [3.8, 4) is 17.1 Å². The highest BCUT2D eigenvalue weighted by Gasteiger charge is 2.21. The number of nitrogens with zero attached hydrogens (tertiary/aromatic N) is 3. The minimum absolute atomic E-state index is 0.164. The van der Waals surface area contributed by atoms with Crippen LogP contribution in [-0.2, 0) is 11.3 Å². The molecule has 25 heavy (non-hydrogen) atoms. The number of amides is 1. The van der Waals surface area contributed by atoms with Gasteiger partial charge in [-0.05, 0) is 19.1 Å². The van der Waals surface area contributed by atoms with Crippen LogP contribution in [0.1, 0.15) is 12.8 Å². The number of aromatic nitrogens is 2. The molecule has 0 fully saturated rings. The Bertz CT molecular complexity index is 818. The van der Waals surface area contributed by atoms with Crippen LogP contribution in [0.3, 0.4) is 0 Å². The van der Waals surface area contributed by atoms with Crippen LogP contribution in [0, 0.1) is 0 Å². The van der Waals surface area contributed by atoms with Crippen LogP contribution in [0.4, 0.5) is 0 Å². The van der Waals surface area contributed by atoms with E-state index in [2.05, 4.69) is 10.1 Å². The van der Waals surface area contributed by atoms with Crippen molar-refractivity contribution in [1.82, 2.24) is 15.0 Å². The molecule has 0 N–H and O–H groups in total. The lowest BCUT2D eigenvalue weighted by Crippen LogP contribution is -2.37. The second kappa shape index (κ2) is 7.61. The van der Waals surface area contributed by atoms with Crippen molar-refractivity contribution >= 4 is 5.91 Å². The lowest BCUT2D eigenvalue weighted by Gasteiger charge is -2.20. The molecule has 1 unspecified atom stereocenters. The number of para-hydroxylation sites is 1. The minimum Gasteiger partial charge on any atom is -0.481 e. The molecule has 3 rings (SSSR count). The van der Waals surface area contributed by atoms with Gasteiger partial charge in [0.25, 0.3) is 5.91 Å². The zero-order chi connectivity index (χ0) is 17.6. The monoisotopic (exact) mass is 337 g/mol. The summed E-state index contributed by atoms with van der Waals surface area (Å²) in [6, 6.07) is 18.8. The maximum atomic E-state index is 12.4. The summed E-state index contributed by atoms with van der Waals surface area (Å²) in [5.41, 5.74) is 0.868. The van der Waals surface area contributed by atoms with E-state index >= 15 is 0 Å². The summed E-state index contributed by atoms with van der Waals surface area (Å²) in [7, 11) is 1.68. The fraction of sp³-hybridized carbons (Fsp3) is 0.211. The van der Waals surface area contributed by atoms with Gasteiger partial charge < -0.3 is 14.2 Å². The molecule has 0 aliphatic rings. The first kappa shape index (κ1) is 16.7. The first-order chi connectivity index (χ1) is 12.1. The number of rotatable bonds is 6. The van der Waals surface area contributed by atoms with Gasteiger partial charge >= 0.3 is 0 Å². The molecule has 1 atom stereocenters. The summed E-state index contributed by atoms with van der Waals surface area (Å²) in [4.78, 5) is 18.3. The van der Waals surface area contributed by atoms with E-state index in [0.717, 1.165) is 5.56 Å². The average Bonchev–Trinajstić information content (AvgIpc) is 3.11. The summed E-state index contributed by atoms with van der Waals surface area (Å²) in [6.07, 6.45) is -0.607. The number of carbonyl (C=O) groups is 1. The standard InChI is InChI=1S/C19H19N3O3/c1-14(24-16-11-7-4-8-12-16)19(23)22(2)13-17-20-18(21-25-17)15-9-5-3-6-10-15/h3-12,14H,13H2,1-2H3. The first-order valence-electron chi connectivity index (χ1n) is 7.98. The van der Waals surface area contributed by atoms with Gasteiger partial charge in [-0.15, -0.1) is 0 Å². The molecule has 0 saturated carbocycles. The van der Waals surface area contributed by atoms with E-state index in [-0.39, 0.29) is 12.5 Å². The highest BCUT2D eigenvalue weighted by molar-refractivity contribution is 5.80. The Kier molecular flexibility index (Phi) is 5.09. The third kappa shape index (κ3) is 4.23. The van der Waals surface area contributed by atoms with Crippen LogP contribution in [-0.4, -0.2) is 34.1 Å². The van der Waals surface area contributed by atoms with Crippen LogP contribution >= 0.6 is 0 Å². The van der Waals surface area contributed by atoms with Gasteiger partial charge in [-0.3, -0.25) is 4.79 Å². The van der Waals surface area contributed by atoms with Gasteiger partial charge in [0.05, 0.1) is 6.54 Å². The van der Waals surface area contributed by atoms with Gasteiger partial charge in [-0.1, -0.05) is 53.7 Å². The SMILES string of the molecule is CC(Oc1ccccc1)C(=O)N(C)Cc1nc(-c2ccccc2)no1. The number of hydrogen-bond donors (Lipinski definition) is 0. The molecule has 0 bridgehead atoms. The summed E-state index contributed by atoms with van der Waals surface area (Å²) in [6.45, 7) is 1.94. The molecule has 0 radical (unpaired) electrons. The van der Waals surface area contributed by atoms with E-state index in [1.807, 2.05) is 60.7 Å². The fourth-order valence-electron chi connectivity index (χ4n) is 2.37. The van der Waals surface area contributed by atoms with Crippen LogP contribution in [0.15, 0.2) is 65.2 Å². The zero-order valence-corrected chi connectivity index (χ0v) is 14.1. The molecule has 128 valence electrons. The largest absolute Gasteiger partial charge is 0.481 e. The number of hydrogen-bond acceptors (Lipinski definition) is 5. The third-order valence-corrected chi connectivity index (χ3v) is 3.65. The third-order valence-electron chi connectivity index (χ3n) is 3.65. The van der Waals surface area contributed by atoms with Gasteiger partial charge in [0, 0.05) is 12.6 Å². The topological polar surface area (TPSA) is 68.5 Å². The number of ether oxygens (including phenoxy) is 1. The quantitative estimate of drug-likeness (QED) is 0.691. The fourth-order valence-corrected chi connectivity index (χ4v) is 2.37. The Labute approximate surface area is 146 Å². The van der Waals surface area contributed by atoms with Gasteiger partial charge in [0.2, 0.25) is 11.7 Å². The molecular formula is C19H19N3O3. The molecule has 3 aromatic rings. The van der Waals surface area contributed by atoms with Gasteiger partial charge in [-0.2, -0.15) is 4.98 Å². The Morgan fingerprint density at radius 3 is 2.44 bits per heavy atom. The highest BCUT2D eigenvalue weighted by atomic mass is 16.5. The maximum absolute atomic E-state index is 12.4. The van der Waals surface area contributed by atoms with Gasteiger partial charge in [0.15, 0.2) is 6.10 Å². The molecule has 6 heteroatoms. The van der Waals surface area contributed by atoms with Crippen LogP contribution in [0.25, 0.3) is 11.4 Å². The van der Waals surface area contributed by atoms with Crippen molar-refractivity contribution < 1.29 is 14.1 Å². The minimum atomic E-state index is -0.607. The van der Waals surface area contributed by atoms with Crippen LogP contribution in [0.5, 0.6) is 5.75 Å². The highest BCUT2D eigenvalue weighted by Crippen LogP contribution is 2.16. The van der Waals surface area contributed by atoms with E-state index < -0.39 is 6.10 Å². The van der Waals surface area contributed by atoms with Crippen molar-refractivity contribution in [3.63, 3.8) is 0 Å². The first-order valence-corrected chi connectivity index (χ1v) is 7.98. The van der Waals surface area contributed by atoms with Crippen LogP contribution in [0.2, 0.25) is 0 Å². The van der Waals surface area contributed by atoms with Crippen molar-refractivity contribution in [1.29, 1.82) is 0 Å². The molecule has 0 aliphatic carbocycles. The molecule has 1 heterocycles. The second-order valence-electron chi connectivity index (χ2n) is 5.65. The summed E-state index contributed by atoms with van der Waals surface area (Å²) < 4.78 is 10.9. The Morgan fingerprint density at radius 1 is 1.12 bits per heavy atom. The Balaban J connectivity index is 1.61. The van der Waals surface area contributed by atoms with Crippen molar-refractivity contribution in [3.05, 3.63) is 66.6 Å². The molecule has 6 nitrogen and oxygen atoms in total. The molecule has 1 aromatic heterocycles. The molecule has 0 spiro atoms. The lowest BCUT2D eigenvalue weighted by atomic mass is 10.2. The second-order valence-corrected chi connectivity index (χ2v) is 5.65.